The van der Waals surface area contributed by atoms with Crippen LogP contribution in [0.3, 0.4) is 0 Å². The molecule has 1 N–H and O–H groups in total. The summed E-state index contributed by atoms with van der Waals surface area (Å²) in [5, 5.41) is 2.94. The minimum atomic E-state index is -0.231. The minimum absolute atomic E-state index is 0.0716. The van der Waals surface area contributed by atoms with E-state index in [0.717, 1.165) is 5.56 Å². The maximum Gasteiger partial charge on any atom is 0.253 e. The maximum absolute atomic E-state index is 12.0. The van der Waals surface area contributed by atoms with Crippen molar-refractivity contribution >= 4 is 5.91 Å². The Bertz CT molecular complexity index is 378. The highest BCUT2D eigenvalue weighted by Gasteiger charge is 2.18. The summed E-state index contributed by atoms with van der Waals surface area (Å²) in [5.74, 6) is 0.220. The van der Waals surface area contributed by atoms with Gasteiger partial charge in [0.15, 0.2) is 0 Å². The van der Waals surface area contributed by atoms with E-state index in [9.17, 15) is 4.79 Å². The third-order valence-electron chi connectivity index (χ3n) is 2.15. The zero-order valence-corrected chi connectivity index (χ0v) is 10.6. The molecule has 0 saturated carbocycles. The molecule has 1 radical (unpaired) electrons. The lowest BCUT2D eigenvalue weighted by Gasteiger charge is -2.21. The van der Waals surface area contributed by atoms with Gasteiger partial charge in [0, 0.05) is 11.7 Å². The van der Waals surface area contributed by atoms with Gasteiger partial charge in [-0.15, -0.1) is 0 Å². The molecule has 1 rings (SSSR count). The molecule has 1 aromatic rings. The summed E-state index contributed by atoms with van der Waals surface area (Å²) in [4.78, 5) is 15.9. The second kappa shape index (κ2) is 4.64. The lowest BCUT2D eigenvalue weighted by atomic mass is 9.98. The fourth-order valence-corrected chi connectivity index (χ4v) is 1.44. The predicted octanol–water partition coefficient (Wildman–Crippen LogP) is 2.53. The van der Waals surface area contributed by atoms with Crippen LogP contribution in [0.5, 0.6) is 0 Å². The van der Waals surface area contributed by atoms with Crippen LogP contribution in [0.4, 0.5) is 0 Å². The number of pyridine rings is 1. The number of carbonyl (C=O) groups excluding carboxylic acids is 1. The Hall–Kier alpha value is -1.38. The Morgan fingerprint density at radius 1 is 1.44 bits per heavy atom. The third-order valence-corrected chi connectivity index (χ3v) is 2.15. The van der Waals surface area contributed by atoms with Crippen LogP contribution >= 0.6 is 0 Å². The van der Waals surface area contributed by atoms with E-state index in [-0.39, 0.29) is 11.4 Å². The van der Waals surface area contributed by atoms with Crippen molar-refractivity contribution < 1.29 is 4.79 Å². The first-order chi connectivity index (χ1) is 7.31. The van der Waals surface area contributed by atoms with Crippen molar-refractivity contribution in [2.75, 3.05) is 0 Å². The van der Waals surface area contributed by atoms with Crippen LogP contribution in [0.15, 0.2) is 12.3 Å². The number of nitrogens with zero attached hydrogens (tertiary/aromatic N) is 1. The first-order valence-corrected chi connectivity index (χ1v) is 5.50. The van der Waals surface area contributed by atoms with Gasteiger partial charge >= 0.3 is 0 Å². The topological polar surface area (TPSA) is 42.0 Å². The molecular formula is C13H19N2O. The summed E-state index contributed by atoms with van der Waals surface area (Å²) >= 11 is 0. The molecule has 0 aliphatic heterocycles. The lowest BCUT2D eigenvalue weighted by molar-refractivity contribution is 0.0918. The highest BCUT2D eigenvalue weighted by atomic mass is 16.1. The standard InChI is InChI=1S/C13H19N2O/c1-9(2)10-6-7-14-8-11(10)12(16)15-13(3,4)5/h6,8-9H,1-5H3,(H,15,16). The van der Waals surface area contributed by atoms with Gasteiger partial charge in [0.1, 0.15) is 0 Å². The van der Waals surface area contributed by atoms with E-state index in [1.54, 1.807) is 12.3 Å². The Morgan fingerprint density at radius 2 is 2.06 bits per heavy atom. The largest absolute Gasteiger partial charge is 0.347 e. The average Bonchev–Trinajstić information content (AvgIpc) is 2.15. The molecule has 16 heavy (non-hydrogen) atoms. The van der Waals surface area contributed by atoms with E-state index < -0.39 is 0 Å². The van der Waals surface area contributed by atoms with Gasteiger partial charge in [-0.2, -0.15) is 0 Å². The van der Waals surface area contributed by atoms with Crippen LogP contribution in [0.25, 0.3) is 0 Å². The molecule has 1 heterocycles. The van der Waals surface area contributed by atoms with Crippen LogP contribution in [0.2, 0.25) is 0 Å². The van der Waals surface area contributed by atoms with Crippen molar-refractivity contribution in [3.63, 3.8) is 0 Å². The first-order valence-electron chi connectivity index (χ1n) is 5.50. The molecule has 1 aromatic heterocycles. The van der Waals surface area contributed by atoms with Gasteiger partial charge in [-0.05, 0) is 38.3 Å². The van der Waals surface area contributed by atoms with Gasteiger partial charge in [-0.25, -0.2) is 0 Å². The molecule has 0 aliphatic carbocycles. The van der Waals surface area contributed by atoms with Crippen molar-refractivity contribution in [2.45, 2.75) is 46.1 Å². The summed E-state index contributed by atoms with van der Waals surface area (Å²) in [7, 11) is 0. The van der Waals surface area contributed by atoms with E-state index in [1.807, 2.05) is 20.8 Å². The quantitative estimate of drug-likeness (QED) is 0.830. The van der Waals surface area contributed by atoms with Gasteiger partial charge in [0.2, 0.25) is 0 Å². The van der Waals surface area contributed by atoms with Gasteiger partial charge in [0.25, 0.3) is 5.91 Å². The molecule has 0 bridgehead atoms. The van der Waals surface area contributed by atoms with Gasteiger partial charge in [0.05, 0.1) is 11.8 Å². The Labute approximate surface area is 97.3 Å². The predicted molar refractivity (Wildman–Crippen MR) is 64.4 cm³/mol. The highest BCUT2D eigenvalue weighted by Crippen LogP contribution is 2.18. The third kappa shape index (κ3) is 3.33. The fraction of sp³-hybridized carbons (Fsp3) is 0.538. The number of amides is 1. The minimum Gasteiger partial charge on any atom is -0.347 e. The molecule has 0 aliphatic rings. The molecule has 0 unspecified atom stereocenters. The lowest BCUT2D eigenvalue weighted by Crippen LogP contribution is -2.41. The second-order valence-electron chi connectivity index (χ2n) is 5.26. The van der Waals surface area contributed by atoms with Crippen molar-refractivity contribution in [3.05, 3.63) is 29.6 Å². The zero-order chi connectivity index (χ0) is 12.3. The van der Waals surface area contributed by atoms with Crippen LogP contribution in [0, 0.1) is 6.20 Å². The molecule has 87 valence electrons. The van der Waals surface area contributed by atoms with Crippen molar-refractivity contribution in [1.29, 1.82) is 0 Å². The summed E-state index contributed by atoms with van der Waals surface area (Å²) in [5.41, 5.74) is 1.39. The molecular weight excluding hydrogens is 200 g/mol. The summed E-state index contributed by atoms with van der Waals surface area (Å²) in [6.07, 6.45) is 4.35. The average molecular weight is 219 g/mol. The number of aromatic nitrogens is 1. The van der Waals surface area contributed by atoms with E-state index in [4.69, 9.17) is 0 Å². The van der Waals surface area contributed by atoms with Crippen molar-refractivity contribution in [1.82, 2.24) is 10.3 Å². The highest BCUT2D eigenvalue weighted by molar-refractivity contribution is 5.95. The van der Waals surface area contributed by atoms with E-state index >= 15 is 0 Å². The normalized spacial score (nSPS) is 11.6. The Kier molecular flexibility index (Phi) is 3.68. The Balaban J connectivity index is 3.00. The van der Waals surface area contributed by atoms with E-state index in [0.29, 0.717) is 11.5 Å². The monoisotopic (exact) mass is 219 g/mol. The van der Waals surface area contributed by atoms with Crippen LogP contribution in [-0.2, 0) is 0 Å². The number of hydrogen-bond acceptors (Lipinski definition) is 2. The number of rotatable bonds is 2. The van der Waals surface area contributed by atoms with Gasteiger partial charge in [-0.3, -0.25) is 9.78 Å². The number of hydrogen-bond donors (Lipinski definition) is 1. The van der Waals surface area contributed by atoms with Crippen LogP contribution in [0.1, 0.15) is 56.5 Å². The number of nitrogens with one attached hydrogen (secondary N) is 1. The summed E-state index contributed by atoms with van der Waals surface area (Å²) in [6, 6.07) is 1.78. The molecule has 0 aromatic carbocycles. The second-order valence-corrected chi connectivity index (χ2v) is 5.26. The maximum atomic E-state index is 12.0. The smallest absolute Gasteiger partial charge is 0.253 e. The summed E-state index contributed by atoms with van der Waals surface area (Å²) < 4.78 is 0. The van der Waals surface area contributed by atoms with Crippen LogP contribution in [-0.4, -0.2) is 16.4 Å². The molecule has 3 nitrogen and oxygen atoms in total. The van der Waals surface area contributed by atoms with Gasteiger partial charge in [-0.1, -0.05) is 13.8 Å². The molecule has 0 atom stereocenters. The number of carbonyl (C=O) groups is 1. The Morgan fingerprint density at radius 3 is 2.56 bits per heavy atom. The fourth-order valence-electron chi connectivity index (χ4n) is 1.44. The SMILES string of the molecule is CC(C)c1c[c]ncc1C(=O)NC(C)(C)C. The van der Waals surface area contributed by atoms with E-state index in [2.05, 4.69) is 30.3 Å². The zero-order valence-electron chi connectivity index (χ0n) is 10.6. The van der Waals surface area contributed by atoms with Crippen molar-refractivity contribution in [2.24, 2.45) is 0 Å². The molecule has 0 fully saturated rings. The van der Waals surface area contributed by atoms with E-state index in [1.165, 1.54) is 0 Å². The van der Waals surface area contributed by atoms with Crippen LogP contribution < -0.4 is 5.32 Å². The molecule has 0 spiro atoms. The van der Waals surface area contributed by atoms with Crippen molar-refractivity contribution in [3.8, 4) is 0 Å². The first kappa shape index (κ1) is 12.7. The summed E-state index contributed by atoms with van der Waals surface area (Å²) in [6.45, 7) is 9.99. The van der Waals surface area contributed by atoms with Gasteiger partial charge < -0.3 is 5.32 Å². The molecule has 1 amide bonds. The molecule has 0 saturated heterocycles. The molecule has 3 heteroatoms.